The predicted octanol–water partition coefficient (Wildman–Crippen LogP) is 4.98. The lowest BCUT2D eigenvalue weighted by molar-refractivity contribution is -0.149. The van der Waals surface area contributed by atoms with E-state index < -0.39 is 33.2 Å². The van der Waals surface area contributed by atoms with Crippen molar-refractivity contribution in [3.63, 3.8) is 0 Å². The van der Waals surface area contributed by atoms with E-state index in [0.717, 1.165) is 3.97 Å². The third-order valence-electron chi connectivity index (χ3n) is 4.57. The molecule has 8 nitrogen and oxygen atoms in total. The molecule has 2 aromatic heterocycles. The van der Waals surface area contributed by atoms with E-state index in [1.54, 1.807) is 71.9 Å². The maximum Gasteiger partial charge on any atom is 0.331 e. The van der Waals surface area contributed by atoms with Crippen LogP contribution in [-0.4, -0.2) is 40.5 Å². The Kier molecular flexibility index (Phi) is 7.54. The van der Waals surface area contributed by atoms with Gasteiger partial charge in [0.05, 0.1) is 4.90 Å². The van der Waals surface area contributed by atoms with Crippen molar-refractivity contribution in [1.29, 1.82) is 0 Å². The number of carbonyl (C=O) groups excluding carboxylic acids is 2. The first-order valence-electron chi connectivity index (χ1n) is 11.3. The van der Waals surface area contributed by atoms with Crippen LogP contribution in [0.5, 0.6) is 0 Å². The third kappa shape index (κ3) is 7.14. The summed E-state index contributed by atoms with van der Waals surface area (Å²) in [5, 5.41) is 0.589. The Morgan fingerprint density at radius 2 is 1.44 bits per heavy atom. The van der Waals surface area contributed by atoms with Crippen LogP contribution in [0.4, 0.5) is 0 Å². The van der Waals surface area contributed by atoms with Crippen molar-refractivity contribution in [3.8, 4) is 0 Å². The zero-order chi connectivity index (χ0) is 26.7. The van der Waals surface area contributed by atoms with E-state index in [2.05, 4.69) is 4.98 Å². The van der Waals surface area contributed by atoms with Gasteiger partial charge in [-0.05, 0) is 89.1 Å². The fourth-order valence-electron chi connectivity index (χ4n) is 3.19. The zero-order valence-electron chi connectivity index (χ0n) is 21.2. The van der Waals surface area contributed by atoms with Gasteiger partial charge in [0, 0.05) is 29.9 Å². The number of carbonyl (C=O) groups is 2. The number of esters is 2. The van der Waals surface area contributed by atoms with Crippen LogP contribution in [0.1, 0.15) is 52.7 Å². The molecule has 190 valence electrons. The molecule has 0 atom stereocenters. The summed E-state index contributed by atoms with van der Waals surface area (Å²) in [6, 6.07) is 9.60. The second-order valence-corrected chi connectivity index (χ2v) is 11.9. The van der Waals surface area contributed by atoms with Crippen LogP contribution in [0.3, 0.4) is 0 Å². The molecule has 0 amide bonds. The van der Waals surface area contributed by atoms with Gasteiger partial charge in [-0.25, -0.2) is 27.0 Å². The number of hydrogen-bond donors (Lipinski definition) is 0. The monoisotopic (exact) mass is 510 g/mol. The third-order valence-corrected chi connectivity index (χ3v) is 6.23. The van der Waals surface area contributed by atoms with E-state index >= 15 is 0 Å². The van der Waals surface area contributed by atoms with Gasteiger partial charge in [-0.1, -0.05) is 12.1 Å². The van der Waals surface area contributed by atoms with E-state index in [-0.39, 0.29) is 10.5 Å². The molecule has 0 spiro atoms. The minimum Gasteiger partial charge on any atom is -0.457 e. The second-order valence-electron chi connectivity index (χ2n) is 10.1. The zero-order valence-corrected chi connectivity index (χ0v) is 22.0. The van der Waals surface area contributed by atoms with Crippen molar-refractivity contribution in [2.75, 3.05) is 0 Å². The average Bonchev–Trinajstić information content (AvgIpc) is 3.18. The quantitative estimate of drug-likeness (QED) is 0.340. The van der Waals surface area contributed by atoms with Crippen molar-refractivity contribution in [1.82, 2.24) is 8.96 Å². The van der Waals surface area contributed by atoms with Crippen molar-refractivity contribution in [3.05, 3.63) is 72.1 Å². The van der Waals surface area contributed by atoms with Crippen LogP contribution in [-0.2, 0) is 29.1 Å². The molecule has 0 aliphatic heterocycles. The first-order valence-corrected chi connectivity index (χ1v) is 12.7. The number of benzene rings is 1. The molecule has 3 aromatic rings. The van der Waals surface area contributed by atoms with Crippen LogP contribution < -0.4 is 0 Å². The molecule has 2 heterocycles. The molecule has 0 bridgehead atoms. The van der Waals surface area contributed by atoms with E-state index in [1.165, 1.54) is 42.8 Å². The lowest BCUT2D eigenvalue weighted by atomic mass is 10.2. The van der Waals surface area contributed by atoms with Crippen molar-refractivity contribution in [2.24, 2.45) is 0 Å². The van der Waals surface area contributed by atoms with Crippen LogP contribution in [0.15, 0.2) is 65.8 Å². The summed E-state index contributed by atoms with van der Waals surface area (Å²) >= 11 is 0. The average molecular weight is 511 g/mol. The summed E-state index contributed by atoms with van der Waals surface area (Å²) < 4.78 is 38.3. The minimum absolute atomic E-state index is 0.0436. The minimum atomic E-state index is -3.96. The molecule has 0 radical (unpaired) electrons. The molecule has 0 unspecified atom stereocenters. The number of pyridine rings is 1. The molecule has 0 saturated heterocycles. The Morgan fingerprint density at radius 1 is 0.861 bits per heavy atom. The van der Waals surface area contributed by atoms with E-state index in [9.17, 15) is 18.0 Å². The van der Waals surface area contributed by atoms with E-state index in [0.29, 0.717) is 16.5 Å². The maximum atomic E-state index is 13.4. The first kappa shape index (κ1) is 26.9. The number of ether oxygens (including phenoxy) is 2. The Bertz CT molecular complexity index is 1450. The number of nitrogens with zero attached hydrogens (tertiary/aromatic N) is 2. The Hall–Kier alpha value is -3.72. The first-order chi connectivity index (χ1) is 16.6. The smallest absolute Gasteiger partial charge is 0.331 e. The number of aromatic nitrogens is 2. The van der Waals surface area contributed by atoms with Crippen LogP contribution in [0, 0.1) is 0 Å². The van der Waals surface area contributed by atoms with Crippen molar-refractivity contribution >= 4 is 45.1 Å². The Labute approximate surface area is 211 Å². The highest BCUT2D eigenvalue weighted by molar-refractivity contribution is 7.90. The maximum absolute atomic E-state index is 13.4. The Morgan fingerprint density at radius 3 is 2.03 bits per heavy atom. The number of fused-ring (bicyclic) bond motifs is 1. The largest absolute Gasteiger partial charge is 0.457 e. The van der Waals surface area contributed by atoms with Gasteiger partial charge in [0.1, 0.15) is 11.2 Å². The van der Waals surface area contributed by atoms with E-state index in [1.807, 2.05) is 0 Å². The van der Waals surface area contributed by atoms with Crippen LogP contribution in [0.25, 0.3) is 23.2 Å². The van der Waals surface area contributed by atoms with Crippen LogP contribution >= 0.6 is 0 Å². The molecule has 0 aliphatic rings. The fourth-order valence-corrected chi connectivity index (χ4v) is 4.56. The highest BCUT2D eigenvalue weighted by atomic mass is 32.2. The molecule has 0 saturated carbocycles. The molecule has 0 N–H and O–H groups in total. The Balaban J connectivity index is 1.85. The fraction of sp³-hybridized carbons (Fsp3) is 0.296. The highest BCUT2D eigenvalue weighted by Gasteiger charge is 2.20. The van der Waals surface area contributed by atoms with Gasteiger partial charge in [-0.15, -0.1) is 0 Å². The molecule has 36 heavy (non-hydrogen) atoms. The molecular formula is C27H30N2O6S. The van der Waals surface area contributed by atoms with Crippen molar-refractivity contribution < 1.29 is 27.5 Å². The highest BCUT2D eigenvalue weighted by Crippen LogP contribution is 2.23. The van der Waals surface area contributed by atoms with Gasteiger partial charge >= 0.3 is 11.9 Å². The summed E-state index contributed by atoms with van der Waals surface area (Å²) in [6.07, 6.45) is 8.54. The summed E-state index contributed by atoms with van der Waals surface area (Å²) in [7, 11) is -3.96. The van der Waals surface area contributed by atoms with Gasteiger partial charge in [0.2, 0.25) is 0 Å². The van der Waals surface area contributed by atoms with Gasteiger partial charge in [-0.2, -0.15) is 0 Å². The number of rotatable bonds is 6. The van der Waals surface area contributed by atoms with Gasteiger partial charge in [0.15, 0.2) is 5.65 Å². The molecule has 0 aliphatic carbocycles. The molecule has 3 rings (SSSR count). The van der Waals surface area contributed by atoms with Crippen LogP contribution in [0.2, 0.25) is 0 Å². The SMILES string of the molecule is CC(C)(C)OC(=O)/C=C/c1cccc(S(=O)(=O)n2ccc3cc(/C=C/C(=O)OC(C)(C)C)cnc32)c1. The second kappa shape index (κ2) is 10.1. The lowest BCUT2D eigenvalue weighted by Crippen LogP contribution is -2.22. The van der Waals surface area contributed by atoms with Gasteiger partial charge < -0.3 is 9.47 Å². The normalized spacial score (nSPS) is 12.9. The molecular weight excluding hydrogens is 480 g/mol. The molecule has 1 aromatic carbocycles. The van der Waals surface area contributed by atoms with E-state index in [4.69, 9.17) is 9.47 Å². The van der Waals surface area contributed by atoms with Gasteiger partial charge in [-0.3, -0.25) is 0 Å². The lowest BCUT2D eigenvalue weighted by Gasteiger charge is -2.17. The van der Waals surface area contributed by atoms with Gasteiger partial charge in [0.25, 0.3) is 10.0 Å². The molecule has 9 heteroatoms. The van der Waals surface area contributed by atoms with Crippen molar-refractivity contribution in [2.45, 2.75) is 57.6 Å². The summed E-state index contributed by atoms with van der Waals surface area (Å²) in [5.74, 6) is -1.00. The summed E-state index contributed by atoms with van der Waals surface area (Å²) in [5.41, 5.74) is 0.177. The topological polar surface area (TPSA) is 105 Å². The summed E-state index contributed by atoms with van der Waals surface area (Å²) in [6.45, 7) is 10.6. The number of hydrogen-bond acceptors (Lipinski definition) is 7. The molecule has 0 fully saturated rings. The summed E-state index contributed by atoms with van der Waals surface area (Å²) in [4.78, 5) is 28.2. The predicted molar refractivity (Wildman–Crippen MR) is 139 cm³/mol. The standard InChI is InChI=1S/C27H30N2O6S/c1-26(2,3)34-23(30)12-10-19-8-7-9-22(17-19)36(32,33)29-15-14-21-16-20(18-28-25(21)29)11-13-24(31)35-27(4,5)6/h7-18H,1-6H3/b12-10+,13-11+.